The lowest BCUT2D eigenvalue weighted by Crippen LogP contribution is -2.36. The molecule has 1 aliphatic heterocycles. The zero-order valence-electron chi connectivity index (χ0n) is 13.8. The maximum atomic E-state index is 11.9. The molecule has 6 heteroatoms. The highest BCUT2D eigenvalue weighted by atomic mass is 32.1. The van der Waals surface area contributed by atoms with Crippen molar-refractivity contribution in [2.75, 3.05) is 26.4 Å². The molecule has 2 heterocycles. The van der Waals surface area contributed by atoms with Crippen molar-refractivity contribution < 1.29 is 14.3 Å². The lowest BCUT2D eigenvalue weighted by molar-refractivity contribution is -0.0320. The van der Waals surface area contributed by atoms with Crippen LogP contribution in [0.25, 0.3) is 10.1 Å². The molecule has 130 valence electrons. The summed E-state index contributed by atoms with van der Waals surface area (Å²) in [5.74, 6) is 0. The maximum Gasteiger partial charge on any atom is 0.315 e. The van der Waals surface area contributed by atoms with Crippen molar-refractivity contribution in [3.05, 3.63) is 35.2 Å². The van der Waals surface area contributed by atoms with E-state index in [-0.39, 0.29) is 6.03 Å². The van der Waals surface area contributed by atoms with Gasteiger partial charge in [-0.15, -0.1) is 11.3 Å². The third-order valence-electron chi connectivity index (χ3n) is 4.13. The first-order chi connectivity index (χ1) is 11.8. The summed E-state index contributed by atoms with van der Waals surface area (Å²) in [5, 5.41) is 9.12. The molecule has 0 spiro atoms. The molecule has 0 saturated carbocycles. The zero-order chi connectivity index (χ0) is 16.6. The number of nitrogens with one attached hydrogen (secondary N) is 2. The first-order valence-electron chi connectivity index (χ1n) is 8.49. The van der Waals surface area contributed by atoms with E-state index < -0.39 is 0 Å². The number of thiophene rings is 1. The zero-order valence-corrected chi connectivity index (χ0v) is 14.6. The molecule has 3 rings (SSSR count). The fourth-order valence-corrected chi connectivity index (χ4v) is 3.74. The third-order valence-corrected chi connectivity index (χ3v) is 5.14. The summed E-state index contributed by atoms with van der Waals surface area (Å²) in [6.07, 6.45) is 3.09. The predicted octanol–water partition coefficient (Wildman–Crippen LogP) is 3.29. The van der Waals surface area contributed by atoms with E-state index in [1.165, 1.54) is 10.1 Å². The van der Waals surface area contributed by atoms with Crippen molar-refractivity contribution in [2.45, 2.75) is 31.9 Å². The van der Waals surface area contributed by atoms with Gasteiger partial charge < -0.3 is 20.1 Å². The van der Waals surface area contributed by atoms with E-state index >= 15 is 0 Å². The minimum absolute atomic E-state index is 0.128. The first kappa shape index (κ1) is 17.2. The molecule has 0 atom stereocenters. The fraction of sp³-hybridized carbons (Fsp3) is 0.500. The van der Waals surface area contributed by atoms with Crippen LogP contribution < -0.4 is 10.6 Å². The SMILES string of the molecule is O=C(NCCCOC1CCOCC1)NCc1csc2ccccc12. The van der Waals surface area contributed by atoms with Crippen LogP contribution in [0.1, 0.15) is 24.8 Å². The Labute approximate surface area is 146 Å². The number of carbonyl (C=O) groups is 1. The standard InChI is InChI=1S/C18H24N2O3S/c21-18(19-8-3-9-23-15-6-10-22-11-7-15)20-12-14-13-24-17-5-2-1-4-16(14)17/h1-2,4-5,13,15H,3,6-12H2,(H2,19,20,21). The minimum Gasteiger partial charge on any atom is -0.381 e. The van der Waals surface area contributed by atoms with Crippen molar-refractivity contribution in [1.29, 1.82) is 0 Å². The van der Waals surface area contributed by atoms with Crippen LogP contribution in [0.4, 0.5) is 4.79 Å². The van der Waals surface area contributed by atoms with Gasteiger partial charge in [0.15, 0.2) is 0 Å². The quantitative estimate of drug-likeness (QED) is 0.755. The second-order valence-electron chi connectivity index (χ2n) is 5.90. The van der Waals surface area contributed by atoms with Crippen LogP contribution in [0.15, 0.2) is 29.6 Å². The Morgan fingerprint density at radius 3 is 2.96 bits per heavy atom. The average Bonchev–Trinajstić information content (AvgIpc) is 3.04. The fourth-order valence-electron chi connectivity index (χ4n) is 2.77. The summed E-state index contributed by atoms with van der Waals surface area (Å²) in [7, 11) is 0. The number of hydrogen-bond acceptors (Lipinski definition) is 4. The number of ether oxygens (including phenoxy) is 2. The Bertz CT molecular complexity index is 653. The van der Waals surface area contributed by atoms with E-state index in [0.717, 1.165) is 38.0 Å². The van der Waals surface area contributed by atoms with Crippen molar-refractivity contribution in [1.82, 2.24) is 10.6 Å². The number of urea groups is 1. The maximum absolute atomic E-state index is 11.9. The van der Waals surface area contributed by atoms with Crippen LogP contribution in [0, 0.1) is 0 Å². The van der Waals surface area contributed by atoms with E-state index in [1.54, 1.807) is 11.3 Å². The van der Waals surface area contributed by atoms with Gasteiger partial charge in [0.05, 0.1) is 6.10 Å². The molecule has 1 aromatic carbocycles. The summed E-state index contributed by atoms with van der Waals surface area (Å²) in [5.41, 5.74) is 1.16. The van der Waals surface area contributed by atoms with Crippen LogP contribution in [0.2, 0.25) is 0 Å². The number of hydrogen-bond donors (Lipinski definition) is 2. The number of rotatable bonds is 7. The molecule has 1 aromatic heterocycles. The third kappa shape index (κ3) is 4.93. The van der Waals surface area contributed by atoms with E-state index in [1.807, 2.05) is 12.1 Å². The van der Waals surface area contributed by atoms with Gasteiger partial charge in [0, 0.05) is 37.6 Å². The molecule has 1 fully saturated rings. The normalized spacial score (nSPS) is 15.5. The molecule has 2 N–H and O–H groups in total. The summed E-state index contributed by atoms with van der Waals surface area (Å²) in [4.78, 5) is 11.9. The van der Waals surface area contributed by atoms with E-state index in [9.17, 15) is 4.79 Å². The second kappa shape index (κ2) is 9.01. The molecule has 2 amide bonds. The molecule has 1 aliphatic rings. The van der Waals surface area contributed by atoms with E-state index in [0.29, 0.717) is 25.8 Å². The minimum atomic E-state index is -0.128. The van der Waals surface area contributed by atoms with Gasteiger partial charge in [-0.05, 0) is 41.7 Å². The Balaban J connectivity index is 1.30. The molecular weight excluding hydrogens is 324 g/mol. The number of benzene rings is 1. The molecule has 5 nitrogen and oxygen atoms in total. The van der Waals surface area contributed by atoms with Crippen LogP contribution in [-0.2, 0) is 16.0 Å². The van der Waals surface area contributed by atoms with E-state index in [4.69, 9.17) is 9.47 Å². The summed E-state index contributed by atoms with van der Waals surface area (Å²) >= 11 is 1.71. The Kier molecular flexibility index (Phi) is 6.46. The Morgan fingerprint density at radius 2 is 2.08 bits per heavy atom. The lowest BCUT2D eigenvalue weighted by atomic mass is 10.1. The molecule has 1 saturated heterocycles. The number of fused-ring (bicyclic) bond motifs is 1. The lowest BCUT2D eigenvalue weighted by Gasteiger charge is -2.22. The molecule has 0 radical (unpaired) electrons. The highest BCUT2D eigenvalue weighted by Gasteiger charge is 2.13. The van der Waals surface area contributed by atoms with Gasteiger partial charge in [-0.2, -0.15) is 0 Å². The monoisotopic (exact) mass is 348 g/mol. The van der Waals surface area contributed by atoms with Crippen molar-refractivity contribution >= 4 is 27.5 Å². The average molecular weight is 348 g/mol. The van der Waals surface area contributed by atoms with Crippen molar-refractivity contribution in [3.8, 4) is 0 Å². The molecule has 24 heavy (non-hydrogen) atoms. The van der Waals surface area contributed by atoms with E-state index in [2.05, 4.69) is 28.1 Å². The second-order valence-corrected chi connectivity index (χ2v) is 6.81. The van der Waals surface area contributed by atoms with Crippen molar-refractivity contribution in [3.63, 3.8) is 0 Å². The first-order valence-corrected chi connectivity index (χ1v) is 9.37. The summed E-state index contributed by atoms with van der Waals surface area (Å²) in [6.45, 7) is 3.44. The van der Waals surface area contributed by atoms with Crippen LogP contribution >= 0.6 is 11.3 Å². The number of amides is 2. The van der Waals surface area contributed by atoms with Gasteiger partial charge in [-0.3, -0.25) is 0 Å². The topological polar surface area (TPSA) is 59.6 Å². The van der Waals surface area contributed by atoms with Crippen molar-refractivity contribution in [2.24, 2.45) is 0 Å². The van der Waals surface area contributed by atoms with Crippen LogP contribution in [0.3, 0.4) is 0 Å². The van der Waals surface area contributed by atoms with Gasteiger partial charge in [0.1, 0.15) is 0 Å². The predicted molar refractivity (Wildman–Crippen MR) is 96.5 cm³/mol. The smallest absolute Gasteiger partial charge is 0.315 e. The number of carbonyl (C=O) groups excluding carboxylic acids is 1. The summed E-state index contributed by atoms with van der Waals surface area (Å²) in [6, 6.07) is 8.12. The van der Waals surface area contributed by atoms with Gasteiger partial charge in [-0.1, -0.05) is 18.2 Å². The Hall–Kier alpha value is -1.63. The van der Waals surface area contributed by atoms with Gasteiger partial charge in [-0.25, -0.2) is 4.79 Å². The summed E-state index contributed by atoms with van der Waals surface area (Å²) < 4.78 is 12.3. The molecule has 0 bridgehead atoms. The van der Waals surface area contributed by atoms with Gasteiger partial charge >= 0.3 is 6.03 Å². The van der Waals surface area contributed by atoms with Crippen LogP contribution in [-0.4, -0.2) is 38.5 Å². The largest absolute Gasteiger partial charge is 0.381 e. The molecular formula is C18H24N2O3S. The Morgan fingerprint density at radius 1 is 1.25 bits per heavy atom. The highest BCUT2D eigenvalue weighted by Crippen LogP contribution is 2.25. The molecule has 0 unspecified atom stereocenters. The van der Waals surface area contributed by atoms with Gasteiger partial charge in [0.2, 0.25) is 0 Å². The van der Waals surface area contributed by atoms with Gasteiger partial charge in [0.25, 0.3) is 0 Å². The highest BCUT2D eigenvalue weighted by molar-refractivity contribution is 7.17. The molecule has 2 aromatic rings. The van der Waals surface area contributed by atoms with Crippen LogP contribution in [0.5, 0.6) is 0 Å². The molecule has 0 aliphatic carbocycles.